The molecule has 148 valence electrons. The largest absolute Gasteiger partial charge is 0.377 e. The zero-order chi connectivity index (χ0) is 18.1. The predicted octanol–water partition coefficient (Wildman–Crippen LogP) is 2.76. The summed E-state index contributed by atoms with van der Waals surface area (Å²) in [6.45, 7) is 8.06. The van der Waals surface area contributed by atoms with E-state index in [1.54, 1.807) is 0 Å². The Kier molecular flexibility index (Phi) is 5.47. The molecule has 2 aliphatic carbocycles. The summed E-state index contributed by atoms with van der Waals surface area (Å²) in [7, 11) is 1.90. The van der Waals surface area contributed by atoms with Gasteiger partial charge in [0.2, 0.25) is 0 Å². The molecular formula is C21H38N4O. The molecule has 4 fully saturated rings. The maximum absolute atomic E-state index is 5.93. The first kappa shape index (κ1) is 18.5. The number of nitrogens with zero attached hydrogens (tertiary/aromatic N) is 2. The average molecular weight is 363 g/mol. The topological polar surface area (TPSA) is 48.9 Å². The predicted molar refractivity (Wildman–Crippen MR) is 107 cm³/mol. The number of aliphatic imine (C=N–C) groups is 1. The Balaban J connectivity index is 1.26. The van der Waals surface area contributed by atoms with Crippen molar-refractivity contribution >= 4 is 5.96 Å². The Hall–Kier alpha value is -0.810. The first-order valence-electron chi connectivity index (χ1n) is 10.9. The van der Waals surface area contributed by atoms with Crippen LogP contribution in [-0.2, 0) is 4.74 Å². The maximum atomic E-state index is 5.93. The average Bonchev–Trinajstić information content (AvgIpc) is 3.13. The molecule has 0 amide bonds. The van der Waals surface area contributed by atoms with Crippen LogP contribution >= 0.6 is 0 Å². The summed E-state index contributed by atoms with van der Waals surface area (Å²) in [4.78, 5) is 7.29. The highest BCUT2D eigenvalue weighted by molar-refractivity contribution is 5.80. The van der Waals surface area contributed by atoms with Crippen molar-refractivity contribution in [1.29, 1.82) is 0 Å². The zero-order valence-corrected chi connectivity index (χ0v) is 17.0. The van der Waals surface area contributed by atoms with Gasteiger partial charge in [-0.2, -0.15) is 0 Å². The van der Waals surface area contributed by atoms with E-state index >= 15 is 0 Å². The molecule has 3 unspecified atom stereocenters. The smallest absolute Gasteiger partial charge is 0.191 e. The lowest BCUT2D eigenvalue weighted by molar-refractivity contribution is -0.106. The van der Waals surface area contributed by atoms with Crippen LogP contribution in [0.3, 0.4) is 0 Å². The molecule has 2 saturated carbocycles. The number of nitrogens with one attached hydrogen (secondary N) is 2. The van der Waals surface area contributed by atoms with Crippen molar-refractivity contribution < 1.29 is 4.74 Å². The summed E-state index contributed by atoms with van der Waals surface area (Å²) in [5.74, 6) is 1.64. The van der Waals surface area contributed by atoms with Crippen molar-refractivity contribution in [2.24, 2.45) is 16.3 Å². The van der Waals surface area contributed by atoms with Crippen LogP contribution in [0.2, 0.25) is 0 Å². The fraction of sp³-hybridized carbons (Fsp3) is 0.952. The lowest BCUT2D eigenvalue weighted by Crippen LogP contribution is -2.68. The van der Waals surface area contributed by atoms with Crippen LogP contribution in [0.1, 0.15) is 65.2 Å². The van der Waals surface area contributed by atoms with Gasteiger partial charge in [0, 0.05) is 56.2 Å². The Labute approximate surface area is 159 Å². The molecule has 0 bridgehead atoms. The van der Waals surface area contributed by atoms with Crippen molar-refractivity contribution in [3.63, 3.8) is 0 Å². The molecule has 2 aliphatic heterocycles. The van der Waals surface area contributed by atoms with E-state index < -0.39 is 0 Å². The summed E-state index contributed by atoms with van der Waals surface area (Å²) in [6.07, 6.45) is 11.2. The number of rotatable bonds is 3. The van der Waals surface area contributed by atoms with Gasteiger partial charge < -0.3 is 20.3 Å². The van der Waals surface area contributed by atoms with Crippen LogP contribution in [0.15, 0.2) is 4.99 Å². The van der Waals surface area contributed by atoms with E-state index in [2.05, 4.69) is 34.4 Å². The second-order valence-electron chi connectivity index (χ2n) is 9.51. The quantitative estimate of drug-likeness (QED) is 0.599. The van der Waals surface area contributed by atoms with E-state index in [0.717, 1.165) is 18.6 Å². The molecule has 0 spiro atoms. The van der Waals surface area contributed by atoms with Gasteiger partial charge in [-0.1, -0.05) is 33.1 Å². The van der Waals surface area contributed by atoms with Crippen LogP contribution < -0.4 is 10.6 Å². The van der Waals surface area contributed by atoms with Gasteiger partial charge in [0.1, 0.15) is 0 Å². The third-order valence-corrected chi connectivity index (χ3v) is 7.58. The minimum absolute atomic E-state index is 0.198. The van der Waals surface area contributed by atoms with Crippen LogP contribution in [0.4, 0.5) is 0 Å². The molecule has 26 heavy (non-hydrogen) atoms. The summed E-state index contributed by atoms with van der Waals surface area (Å²) >= 11 is 0. The number of likely N-dealkylation sites (tertiary alicyclic amines) is 1. The molecular weight excluding hydrogens is 324 g/mol. The highest BCUT2D eigenvalue weighted by Gasteiger charge is 2.59. The van der Waals surface area contributed by atoms with Gasteiger partial charge >= 0.3 is 0 Å². The molecule has 2 saturated heterocycles. The van der Waals surface area contributed by atoms with Crippen LogP contribution in [0, 0.1) is 11.3 Å². The third kappa shape index (κ3) is 3.49. The summed E-state index contributed by atoms with van der Waals surface area (Å²) in [6, 6.07) is 1.89. The molecule has 0 radical (unpaired) electrons. The third-order valence-electron chi connectivity index (χ3n) is 7.58. The molecule has 2 heterocycles. The Morgan fingerprint density at radius 3 is 2.42 bits per heavy atom. The van der Waals surface area contributed by atoms with Crippen molar-refractivity contribution in [3.05, 3.63) is 0 Å². The molecule has 0 aromatic rings. The first-order valence-corrected chi connectivity index (χ1v) is 10.9. The van der Waals surface area contributed by atoms with Gasteiger partial charge in [0.05, 0.1) is 6.10 Å². The normalized spacial score (nSPS) is 36.4. The second-order valence-corrected chi connectivity index (χ2v) is 9.51. The van der Waals surface area contributed by atoms with Gasteiger partial charge in [0.25, 0.3) is 0 Å². The zero-order valence-electron chi connectivity index (χ0n) is 17.0. The maximum Gasteiger partial charge on any atom is 0.191 e. The molecule has 4 aliphatic rings. The Morgan fingerprint density at radius 1 is 1.00 bits per heavy atom. The van der Waals surface area contributed by atoms with E-state index in [-0.39, 0.29) is 5.41 Å². The molecule has 4 rings (SSSR count). The standard InChI is InChI=1S/C21H38N4O/c1-21(2)18(17-11-14-26-19(17)21)24-20(22-3)23-15-9-12-25(13-10-15)16-7-5-4-6-8-16/h15-19H,4-14H2,1-3H3,(H2,22,23,24). The minimum atomic E-state index is 0.198. The monoisotopic (exact) mass is 362 g/mol. The molecule has 2 N–H and O–H groups in total. The van der Waals surface area contributed by atoms with Crippen molar-refractivity contribution in [2.45, 2.75) is 89.4 Å². The number of guanidine groups is 1. The van der Waals surface area contributed by atoms with Gasteiger partial charge in [-0.15, -0.1) is 0 Å². The van der Waals surface area contributed by atoms with E-state index in [1.807, 2.05) is 7.05 Å². The Morgan fingerprint density at radius 2 is 1.73 bits per heavy atom. The number of ether oxygens (including phenoxy) is 1. The molecule has 0 aromatic carbocycles. The fourth-order valence-corrected chi connectivity index (χ4v) is 5.98. The van der Waals surface area contributed by atoms with Gasteiger partial charge in [-0.25, -0.2) is 0 Å². The van der Waals surface area contributed by atoms with Gasteiger partial charge in [0.15, 0.2) is 5.96 Å². The number of hydrogen-bond acceptors (Lipinski definition) is 3. The van der Waals surface area contributed by atoms with E-state index in [4.69, 9.17) is 4.74 Å². The first-order chi connectivity index (χ1) is 12.6. The lowest BCUT2D eigenvalue weighted by atomic mass is 9.57. The highest BCUT2D eigenvalue weighted by atomic mass is 16.5. The summed E-state index contributed by atoms with van der Waals surface area (Å²) in [5, 5.41) is 7.45. The lowest BCUT2D eigenvalue weighted by Gasteiger charge is -2.55. The Bertz CT molecular complexity index is 506. The van der Waals surface area contributed by atoms with E-state index in [1.165, 1.54) is 64.5 Å². The fourth-order valence-electron chi connectivity index (χ4n) is 5.98. The molecule has 5 nitrogen and oxygen atoms in total. The van der Waals surface area contributed by atoms with Crippen LogP contribution in [-0.4, -0.2) is 61.8 Å². The van der Waals surface area contributed by atoms with E-state index in [0.29, 0.717) is 24.1 Å². The van der Waals surface area contributed by atoms with Crippen LogP contribution in [0.5, 0.6) is 0 Å². The molecule has 0 aromatic heterocycles. The molecule has 3 atom stereocenters. The van der Waals surface area contributed by atoms with Crippen LogP contribution in [0.25, 0.3) is 0 Å². The number of piperidine rings is 1. The van der Waals surface area contributed by atoms with Gasteiger partial charge in [-0.3, -0.25) is 4.99 Å². The minimum Gasteiger partial charge on any atom is -0.377 e. The summed E-state index contributed by atoms with van der Waals surface area (Å²) in [5.41, 5.74) is 0.198. The van der Waals surface area contributed by atoms with Crippen molar-refractivity contribution in [1.82, 2.24) is 15.5 Å². The van der Waals surface area contributed by atoms with Crippen molar-refractivity contribution in [2.75, 3.05) is 26.7 Å². The highest BCUT2D eigenvalue weighted by Crippen LogP contribution is 2.52. The summed E-state index contributed by atoms with van der Waals surface area (Å²) < 4.78 is 5.93. The number of fused-ring (bicyclic) bond motifs is 1. The van der Waals surface area contributed by atoms with E-state index in [9.17, 15) is 0 Å². The van der Waals surface area contributed by atoms with Crippen molar-refractivity contribution in [3.8, 4) is 0 Å². The SMILES string of the molecule is CN=C(NC1CCN(C2CCCCC2)CC1)NC1C2CCOC2C1(C)C. The van der Waals surface area contributed by atoms with Gasteiger partial charge in [-0.05, 0) is 32.1 Å². The molecule has 5 heteroatoms. The second kappa shape index (κ2) is 7.67. The number of hydrogen-bond donors (Lipinski definition) is 2.